The number of aliphatic hydroxyl groups excluding tert-OH is 1. The summed E-state index contributed by atoms with van der Waals surface area (Å²) >= 11 is 3.13. The quantitative estimate of drug-likeness (QED) is 0.916. The minimum Gasteiger partial charge on any atom is -0.393 e. The molecule has 0 bridgehead atoms. The van der Waals surface area contributed by atoms with Gasteiger partial charge in [-0.25, -0.2) is 4.39 Å². The molecule has 3 nitrogen and oxygen atoms in total. The van der Waals surface area contributed by atoms with E-state index in [-0.39, 0.29) is 30.2 Å². The van der Waals surface area contributed by atoms with Gasteiger partial charge in [-0.3, -0.25) is 4.79 Å². The van der Waals surface area contributed by atoms with Crippen molar-refractivity contribution in [1.82, 2.24) is 4.90 Å². The van der Waals surface area contributed by atoms with Gasteiger partial charge in [0.05, 0.1) is 17.0 Å². The second-order valence-corrected chi connectivity index (χ2v) is 6.26. The van der Waals surface area contributed by atoms with Gasteiger partial charge in [0.2, 0.25) is 5.91 Å². The molecule has 1 fully saturated rings. The van der Waals surface area contributed by atoms with Crippen LogP contribution < -0.4 is 0 Å². The highest BCUT2D eigenvalue weighted by Gasteiger charge is 2.26. The Morgan fingerprint density at radius 2 is 2.35 bits per heavy atom. The number of benzene rings is 1. The van der Waals surface area contributed by atoms with Gasteiger partial charge < -0.3 is 10.0 Å². The van der Waals surface area contributed by atoms with Crippen LogP contribution >= 0.6 is 15.9 Å². The summed E-state index contributed by atoms with van der Waals surface area (Å²) < 4.78 is 13.5. The summed E-state index contributed by atoms with van der Waals surface area (Å²) in [7, 11) is 0. The van der Waals surface area contributed by atoms with Gasteiger partial charge in [0.25, 0.3) is 0 Å². The zero-order valence-electron chi connectivity index (χ0n) is 11.5. The minimum absolute atomic E-state index is 0.0360. The lowest BCUT2D eigenvalue weighted by atomic mass is 9.93. The van der Waals surface area contributed by atoms with E-state index in [1.165, 1.54) is 6.07 Å². The Morgan fingerprint density at radius 3 is 3.00 bits per heavy atom. The summed E-state index contributed by atoms with van der Waals surface area (Å²) in [6.45, 7) is 3.12. The average Bonchev–Trinajstić information content (AvgIpc) is 2.43. The fourth-order valence-electron chi connectivity index (χ4n) is 2.57. The maximum atomic E-state index is 13.2. The Hall–Kier alpha value is -0.940. The van der Waals surface area contributed by atoms with E-state index in [2.05, 4.69) is 15.9 Å². The molecule has 20 heavy (non-hydrogen) atoms. The van der Waals surface area contributed by atoms with Gasteiger partial charge in [-0.2, -0.15) is 0 Å². The fourth-order valence-corrected chi connectivity index (χ4v) is 2.99. The van der Waals surface area contributed by atoms with E-state index in [0.717, 1.165) is 24.9 Å². The molecule has 2 unspecified atom stereocenters. The number of halogens is 2. The largest absolute Gasteiger partial charge is 0.393 e. The molecule has 110 valence electrons. The summed E-state index contributed by atoms with van der Waals surface area (Å²) in [4.78, 5) is 14.1. The van der Waals surface area contributed by atoms with Crippen molar-refractivity contribution in [3.05, 3.63) is 34.1 Å². The predicted molar refractivity (Wildman–Crippen MR) is 78.8 cm³/mol. The summed E-state index contributed by atoms with van der Waals surface area (Å²) in [5.41, 5.74) is 0.794. The van der Waals surface area contributed by atoms with Crippen molar-refractivity contribution >= 4 is 21.8 Å². The van der Waals surface area contributed by atoms with Gasteiger partial charge in [0, 0.05) is 19.0 Å². The van der Waals surface area contributed by atoms with Crippen LogP contribution in [0.15, 0.2) is 22.7 Å². The summed E-state index contributed by atoms with van der Waals surface area (Å²) in [5, 5.41) is 9.65. The lowest BCUT2D eigenvalue weighted by Crippen LogP contribution is -2.43. The zero-order chi connectivity index (χ0) is 14.7. The first-order chi connectivity index (χ1) is 9.47. The normalized spacial score (nSPS) is 20.8. The third-order valence-corrected chi connectivity index (χ3v) is 4.44. The average molecular weight is 344 g/mol. The number of carbonyl (C=O) groups is 1. The number of rotatable bonds is 3. The topological polar surface area (TPSA) is 40.5 Å². The maximum absolute atomic E-state index is 13.2. The molecule has 0 aliphatic carbocycles. The van der Waals surface area contributed by atoms with Crippen LogP contribution in [0.3, 0.4) is 0 Å². The standard InChI is InChI=1S/C15H19BrFNO2/c1-10(19)12-3-2-6-18(9-12)15(20)8-11-4-5-14(17)13(16)7-11/h4-5,7,10,12,19H,2-3,6,8-9H2,1H3. The van der Waals surface area contributed by atoms with Crippen LogP contribution in [-0.4, -0.2) is 35.1 Å². The molecule has 0 aromatic heterocycles. The molecule has 1 heterocycles. The monoisotopic (exact) mass is 343 g/mol. The van der Waals surface area contributed by atoms with Crippen LogP contribution in [0.2, 0.25) is 0 Å². The van der Waals surface area contributed by atoms with Crippen LogP contribution in [0.1, 0.15) is 25.3 Å². The van der Waals surface area contributed by atoms with E-state index in [0.29, 0.717) is 11.0 Å². The third-order valence-electron chi connectivity index (χ3n) is 3.83. The van der Waals surface area contributed by atoms with Crippen molar-refractivity contribution in [1.29, 1.82) is 0 Å². The molecule has 1 amide bonds. The molecule has 1 aliphatic heterocycles. The van der Waals surface area contributed by atoms with Crippen molar-refractivity contribution in [3.63, 3.8) is 0 Å². The van der Waals surface area contributed by atoms with E-state index < -0.39 is 0 Å². The first kappa shape index (κ1) is 15.4. The van der Waals surface area contributed by atoms with Crippen LogP contribution in [0.4, 0.5) is 4.39 Å². The summed E-state index contributed by atoms with van der Waals surface area (Å²) in [5.74, 6) is -0.130. The number of hydrogen-bond donors (Lipinski definition) is 1. The highest BCUT2D eigenvalue weighted by Crippen LogP contribution is 2.21. The number of aliphatic hydroxyl groups is 1. The second-order valence-electron chi connectivity index (χ2n) is 5.41. The molecule has 2 rings (SSSR count). The number of carbonyl (C=O) groups excluding carboxylic acids is 1. The van der Waals surface area contributed by atoms with Crippen molar-refractivity contribution in [2.75, 3.05) is 13.1 Å². The number of hydrogen-bond acceptors (Lipinski definition) is 2. The summed E-state index contributed by atoms with van der Waals surface area (Å²) in [6, 6.07) is 4.64. The third kappa shape index (κ3) is 3.79. The van der Waals surface area contributed by atoms with Gasteiger partial charge in [-0.1, -0.05) is 6.07 Å². The molecule has 5 heteroatoms. The molecule has 1 N–H and O–H groups in total. The minimum atomic E-state index is -0.384. The Balaban J connectivity index is 1.98. The van der Waals surface area contributed by atoms with E-state index in [1.807, 2.05) is 0 Å². The number of amides is 1. The van der Waals surface area contributed by atoms with E-state index in [9.17, 15) is 14.3 Å². The molecule has 1 aliphatic rings. The van der Waals surface area contributed by atoms with E-state index in [1.54, 1.807) is 24.0 Å². The lowest BCUT2D eigenvalue weighted by molar-refractivity contribution is -0.133. The molecule has 0 saturated carbocycles. The van der Waals surface area contributed by atoms with Crippen molar-refractivity contribution < 1.29 is 14.3 Å². The van der Waals surface area contributed by atoms with Gasteiger partial charge >= 0.3 is 0 Å². The van der Waals surface area contributed by atoms with Crippen molar-refractivity contribution in [2.45, 2.75) is 32.3 Å². The van der Waals surface area contributed by atoms with Gasteiger partial charge in [0.1, 0.15) is 5.82 Å². The Morgan fingerprint density at radius 1 is 1.60 bits per heavy atom. The first-order valence-electron chi connectivity index (χ1n) is 6.87. The maximum Gasteiger partial charge on any atom is 0.227 e. The molecular formula is C15H19BrFNO2. The Bertz CT molecular complexity index is 493. The fraction of sp³-hybridized carbons (Fsp3) is 0.533. The SMILES string of the molecule is CC(O)C1CCCN(C(=O)Cc2ccc(F)c(Br)c2)C1. The van der Waals surface area contributed by atoms with Gasteiger partial charge in [-0.05, 0) is 53.4 Å². The number of piperidine rings is 1. The highest BCUT2D eigenvalue weighted by molar-refractivity contribution is 9.10. The molecule has 1 saturated heterocycles. The van der Waals surface area contributed by atoms with Crippen LogP contribution in [0.25, 0.3) is 0 Å². The van der Waals surface area contributed by atoms with Crippen molar-refractivity contribution in [2.24, 2.45) is 5.92 Å². The Labute approximate surface area is 126 Å². The van der Waals surface area contributed by atoms with Crippen molar-refractivity contribution in [3.8, 4) is 0 Å². The van der Waals surface area contributed by atoms with E-state index in [4.69, 9.17) is 0 Å². The number of likely N-dealkylation sites (tertiary alicyclic amines) is 1. The molecule has 0 radical (unpaired) electrons. The first-order valence-corrected chi connectivity index (χ1v) is 7.66. The predicted octanol–water partition coefficient (Wildman–Crippen LogP) is 2.75. The Kier molecular flexibility index (Phi) is 5.16. The zero-order valence-corrected chi connectivity index (χ0v) is 13.1. The van der Waals surface area contributed by atoms with E-state index >= 15 is 0 Å². The lowest BCUT2D eigenvalue weighted by Gasteiger charge is -2.34. The smallest absolute Gasteiger partial charge is 0.227 e. The molecule has 1 aromatic carbocycles. The summed E-state index contributed by atoms with van der Waals surface area (Å²) in [6.07, 6.45) is 1.77. The van der Waals surface area contributed by atoms with Crippen LogP contribution in [-0.2, 0) is 11.2 Å². The van der Waals surface area contributed by atoms with Gasteiger partial charge in [0.15, 0.2) is 0 Å². The molecular weight excluding hydrogens is 325 g/mol. The second kappa shape index (κ2) is 6.68. The van der Waals surface area contributed by atoms with Gasteiger partial charge in [-0.15, -0.1) is 0 Å². The molecule has 1 aromatic rings. The molecule has 2 atom stereocenters. The van der Waals surface area contributed by atoms with Crippen LogP contribution in [0.5, 0.6) is 0 Å². The molecule has 0 spiro atoms. The highest BCUT2D eigenvalue weighted by atomic mass is 79.9. The van der Waals surface area contributed by atoms with Crippen LogP contribution in [0, 0.1) is 11.7 Å². The number of nitrogens with zero attached hydrogens (tertiary/aromatic N) is 1.